The van der Waals surface area contributed by atoms with Crippen LogP contribution in [0, 0.1) is 27.2 Å². The van der Waals surface area contributed by atoms with Gasteiger partial charge in [0.2, 0.25) is 0 Å². The molecule has 0 radical (unpaired) electrons. The number of benzene rings is 1. The standard InChI is InChI=1S/C12H14F2N2O3/c1-12(2,3)6-15-11(17)7-4-8(13)9(14)5-10(7)16(18)19/h4-5H,6H2,1-3H3,(H,15,17). The van der Waals surface area contributed by atoms with Crippen molar-refractivity contribution >= 4 is 11.6 Å². The van der Waals surface area contributed by atoms with Gasteiger partial charge in [-0.15, -0.1) is 0 Å². The second-order valence-electron chi connectivity index (χ2n) is 5.28. The summed E-state index contributed by atoms with van der Waals surface area (Å²) in [7, 11) is 0. The maximum absolute atomic E-state index is 13.1. The van der Waals surface area contributed by atoms with Crippen LogP contribution in [0.2, 0.25) is 0 Å². The molecule has 0 aliphatic heterocycles. The summed E-state index contributed by atoms with van der Waals surface area (Å²) in [4.78, 5) is 21.6. The van der Waals surface area contributed by atoms with E-state index < -0.39 is 33.7 Å². The SMILES string of the molecule is CC(C)(C)CNC(=O)c1cc(F)c(F)cc1[N+](=O)[O-]. The number of nitro groups is 1. The minimum absolute atomic E-state index is 0.233. The van der Waals surface area contributed by atoms with Gasteiger partial charge in [-0.05, 0) is 11.5 Å². The van der Waals surface area contributed by atoms with E-state index in [1.165, 1.54) is 0 Å². The third kappa shape index (κ3) is 3.97. The molecule has 0 saturated heterocycles. The summed E-state index contributed by atoms with van der Waals surface area (Å²) >= 11 is 0. The molecule has 5 nitrogen and oxygen atoms in total. The van der Waals surface area contributed by atoms with E-state index in [9.17, 15) is 23.7 Å². The van der Waals surface area contributed by atoms with Crippen molar-refractivity contribution in [3.05, 3.63) is 39.4 Å². The molecule has 7 heteroatoms. The molecule has 0 aromatic heterocycles. The van der Waals surface area contributed by atoms with E-state index in [0.29, 0.717) is 12.1 Å². The first-order valence-corrected chi connectivity index (χ1v) is 5.53. The van der Waals surface area contributed by atoms with Gasteiger partial charge in [-0.1, -0.05) is 20.8 Å². The number of nitrogens with zero attached hydrogens (tertiary/aromatic N) is 1. The van der Waals surface area contributed by atoms with Gasteiger partial charge < -0.3 is 5.32 Å². The van der Waals surface area contributed by atoms with Gasteiger partial charge >= 0.3 is 0 Å². The molecule has 0 atom stereocenters. The van der Waals surface area contributed by atoms with E-state index in [2.05, 4.69) is 5.32 Å². The first kappa shape index (κ1) is 15.0. The molecule has 0 fully saturated rings. The zero-order chi connectivity index (χ0) is 14.8. The molecule has 1 aromatic carbocycles. The zero-order valence-corrected chi connectivity index (χ0v) is 10.8. The molecule has 104 valence electrons. The molecular formula is C12H14F2N2O3. The molecule has 0 saturated carbocycles. The normalized spacial score (nSPS) is 11.2. The molecule has 1 rings (SSSR count). The molecule has 1 aromatic rings. The van der Waals surface area contributed by atoms with E-state index in [-0.39, 0.29) is 12.0 Å². The van der Waals surface area contributed by atoms with Gasteiger partial charge in [0, 0.05) is 6.54 Å². The minimum atomic E-state index is -1.36. The summed E-state index contributed by atoms with van der Waals surface area (Å²) in [6.07, 6.45) is 0. The van der Waals surface area contributed by atoms with E-state index >= 15 is 0 Å². The predicted molar refractivity (Wildman–Crippen MR) is 64.8 cm³/mol. The lowest BCUT2D eigenvalue weighted by molar-refractivity contribution is -0.385. The van der Waals surface area contributed by atoms with Crippen LogP contribution in [0.3, 0.4) is 0 Å². The molecule has 1 N–H and O–H groups in total. The third-order valence-electron chi connectivity index (χ3n) is 2.26. The molecule has 19 heavy (non-hydrogen) atoms. The molecular weight excluding hydrogens is 258 g/mol. The molecule has 0 heterocycles. The molecule has 0 aliphatic rings. The second-order valence-corrected chi connectivity index (χ2v) is 5.28. The van der Waals surface area contributed by atoms with Gasteiger partial charge in [-0.3, -0.25) is 14.9 Å². The number of carbonyl (C=O) groups excluding carboxylic acids is 1. The van der Waals surface area contributed by atoms with Crippen molar-refractivity contribution in [3.63, 3.8) is 0 Å². The smallest absolute Gasteiger partial charge is 0.285 e. The molecule has 0 aliphatic carbocycles. The van der Waals surface area contributed by atoms with Crippen molar-refractivity contribution in [1.29, 1.82) is 0 Å². The highest BCUT2D eigenvalue weighted by molar-refractivity contribution is 5.98. The van der Waals surface area contributed by atoms with Crippen LogP contribution in [0.15, 0.2) is 12.1 Å². The Balaban J connectivity index is 3.08. The average molecular weight is 272 g/mol. The molecule has 0 unspecified atom stereocenters. The number of rotatable bonds is 3. The number of nitrogens with one attached hydrogen (secondary N) is 1. The Bertz CT molecular complexity index is 524. The summed E-state index contributed by atoms with van der Waals surface area (Å²) in [5.74, 6) is -3.47. The highest BCUT2D eigenvalue weighted by Gasteiger charge is 2.24. The Hall–Kier alpha value is -2.05. The summed E-state index contributed by atoms with van der Waals surface area (Å²) in [5.41, 5.74) is -1.48. The Morgan fingerprint density at radius 1 is 1.32 bits per heavy atom. The van der Waals surface area contributed by atoms with Gasteiger partial charge in [-0.2, -0.15) is 0 Å². The van der Waals surface area contributed by atoms with Gasteiger partial charge in [0.25, 0.3) is 11.6 Å². The lowest BCUT2D eigenvalue weighted by Gasteiger charge is -2.18. The molecule has 0 spiro atoms. The van der Waals surface area contributed by atoms with Crippen LogP contribution in [0.4, 0.5) is 14.5 Å². The van der Waals surface area contributed by atoms with E-state index in [1.54, 1.807) is 0 Å². The maximum Gasteiger partial charge on any atom is 0.285 e. The number of amides is 1. The van der Waals surface area contributed by atoms with Crippen LogP contribution >= 0.6 is 0 Å². The van der Waals surface area contributed by atoms with Crippen molar-refractivity contribution < 1.29 is 18.5 Å². The van der Waals surface area contributed by atoms with Crippen LogP contribution in [-0.2, 0) is 0 Å². The van der Waals surface area contributed by atoms with E-state index in [0.717, 1.165) is 0 Å². The van der Waals surface area contributed by atoms with Gasteiger partial charge in [0.05, 0.1) is 11.0 Å². The highest BCUT2D eigenvalue weighted by Crippen LogP contribution is 2.22. The quantitative estimate of drug-likeness (QED) is 0.679. The van der Waals surface area contributed by atoms with Gasteiger partial charge in [-0.25, -0.2) is 8.78 Å². The zero-order valence-electron chi connectivity index (χ0n) is 10.8. The van der Waals surface area contributed by atoms with Crippen LogP contribution in [0.1, 0.15) is 31.1 Å². The summed E-state index contributed by atoms with van der Waals surface area (Å²) in [6.45, 7) is 5.81. The lowest BCUT2D eigenvalue weighted by Crippen LogP contribution is -2.32. The first-order chi connectivity index (χ1) is 8.61. The Kier molecular flexibility index (Phi) is 4.18. The van der Waals surface area contributed by atoms with Crippen molar-refractivity contribution in [2.24, 2.45) is 5.41 Å². The van der Waals surface area contributed by atoms with Gasteiger partial charge in [0.15, 0.2) is 11.6 Å². The largest absolute Gasteiger partial charge is 0.351 e. The number of carbonyl (C=O) groups is 1. The van der Waals surface area contributed by atoms with Crippen LogP contribution in [-0.4, -0.2) is 17.4 Å². The number of hydrogen-bond acceptors (Lipinski definition) is 3. The average Bonchev–Trinajstić information content (AvgIpc) is 2.27. The Morgan fingerprint density at radius 2 is 1.84 bits per heavy atom. The predicted octanol–water partition coefficient (Wildman–Crippen LogP) is 2.65. The fraction of sp³-hybridized carbons (Fsp3) is 0.417. The van der Waals surface area contributed by atoms with Crippen molar-refractivity contribution in [1.82, 2.24) is 5.32 Å². The molecule has 0 bridgehead atoms. The lowest BCUT2D eigenvalue weighted by atomic mass is 9.97. The monoisotopic (exact) mass is 272 g/mol. The number of halogens is 2. The fourth-order valence-electron chi connectivity index (χ4n) is 1.31. The van der Waals surface area contributed by atoms with Crippen LogP contribution in [0.5, 0.6) is 0 Å². The van der Waals surface area contributed by atoms with Crippen LogP contribution < -0.4 is 5.32 Å². The summed E-state index contributed by atoms with van der Waals surface area (Å²) in [6, 6.07) is 0.937. The fourth-order valence-corrected chi connectivity index (χ4v) is 1.31. The minimum Gasteiger partial charge on any atom is -0.351 e. The topological polar surface area (TPSA) is 72.2 Å². The highest BCUT2D eigenvalue weighted by atomic mass is 19.2. The molecule has 1 amide bonds. The van der Waals surface area contributed by atoms with E-state index in [4.69, 9.17) is 0 Å². The summed E-state index contributed by atoms with van der Waals surface area (Å²) < 4.78 is 26.0. The van der Waals surface area contributed by atoms with Crippen molar-refractivity contribution in [3.8, 4) is 0 Å². The van der Waals surface area contributed by atoms with Crippen molar-refractivity contribution in [2.45, 2.75) is 20.8 Å². The van der Waals surface area contributed by atoms with E-state index in [1.807, 2.05) is 20.8 Å². The Morgan fingerprint density at radius 3 is 2.32 bits per heavy atom. The maximum atomic E-state index is 13.1. The van der Waals surface area contributed by atoms with Crippen LogP contribution in [0.25, 0.3) is 0 Å². The number of hydrogen-bond donors (Lipinski definition) is 1. The number of nitro benzene ring substituents is 1. The summed E-state index contributed by atoms with van der Waals surface area (Å²) in [5, 5.41) is 13.2. The Labute approximate surface area is 108 Å². The van der Waals surface area contributed by atoms with Gasteiger partial charge in [0.1, 0.15) is 5.56 Å². The second kappa shape index (κ2) is 5.29. The third-order valence-corrected chi connectivity index (χ3v) is 2.26. The van der Waals surface area contributed by atoms with Crippen molar-refractivity contribution in [2.75, 3.05) is 6.54 Å². The first-order valence-electron chi connectivity index (χ1n) is 5.53.